The normalized spacial score (nSPS) is 13.8. The third kappa shape index (κ3) is 57.3. The maximum Gasteiger partial charge on any atom is 0.220 e. The molecule has 0 fully saturated rings. The van der Waals surface area contributed by atoms with Crippen molar-refractivity contribution in [1.82, 2.24) is 5.32 Å². The van der Waals surface area contributed by atoms with Crippen molar-refractivity contribution < 1.29 is 15.0 Å². The van der Waals surface area contributed by atoms with Crippen molar-refractivity contribution in [2.45, 2.75) is 276 Å². The number of aliphatic hydroxyl groups excluding tert-OH is 2. The van der Waals surface area contributed by atoms with Crippen LogP contribution < -0.4 is 5.32 Å². The van der Waals surface area contributed by atoms with Gasteiger partial charge in [-0.05, 0) is 109 Å². The van der Waals surface area contributed by atoms with Crippen molar-refractivity contribution in [2.24, 2.45) is 0 Å². The molecule has 2 atom stereocenters. The molecular weight excluding hydrogens is 867 g/mol. The molecule has 0 spiro atoms. The number of rotatable bonds is 53. The second kappa shape index (κ2) is 60.8. The van der Waals surface area contributed by atoms with Gasteiger partial charge in [-0.15, -0.1) is 0 Å². The summed E-state index contributed by atoms with van der Waals surface area (Å²) in [4.78, 5) is 12.5. The highest BCUT2D eigenvalue weighted by molar-refractivity contribution is 5.76. The van der Waals surface area contributed by atoms with Gasteiger partial charge in [0, 0.05) is 6.42 Å². The monoisotopic (exact) mass is 980 g/mol. The summed E-state index contributed by atoms with van der Waals surface area (Å²) in [5.41, 5.74) is 0. The van der Waals surface area contributed by atoms with Crippen LogP contribution in [0, 0.1) is 0 Å². The Morgan fingerprint density at radius 3 is 0.986 bits per heavy atom. The lowest BCUT2D eigenvalue weighted by Gasteiger charge is -2.19. The molecule has 0 radical (unpaired) electrons. The molecule has 1 amide bonds. The summed E-state index contributed by atoms with van der Waals surface area (Å²) < 4.78 is 0. The standard InChI is InChI=1S/C67H113NO3/c1-3-5-7-9-11-13-15-17-19-21-23-24-25-26-27-28-29-30-31-32-33-34-35-36-37-38-39-40-41-42-43-44-45-47-49-51-53-55-57-59-61-63-67(71)68-65(64-69)66(70)62-60-58-56-54-52-50-48-46-22-20-18-16-14-12-10-8-6-4-2/h5,7,11,13,17,19,22-24,26-27,29-30,32-33,35-36,46,52,54,60,62,65-66,69-70H,3-4,6,8-10,12,14-16,18,20-21,25,28,31,34,37-45,47-51,53,55-59,61,63-64H2,1-2H3,(H,68,71)/b7-5-,13-11-,19-17-,24-23-,27-26-,30-29-,33-32-,36-35-,46-22+,54-52+,62-60+. The molecule has 0 rings (SSSR count). The van der Waals surface area contributed by atoms with Crippen LogP contribution in [-0.4, -0.2) is 34.9 Å². The highest BCUT2D eigenvalue weighted by Crippen LogP contribution is 2.15. The second-order valence-corrected chi connectivity index (χ2v) is 19.7. The van der Waals surface area contributed by atoms with E-state index in [1.54, 1.807) is 6.08 Å². The van der Waals surface area contributed by atoms with Crippen LogP contribution in [0.3, 0.4) is 0 Å². The van der Waals surface area contributed by atoms with E-state index >= 15 is 0 Å². The maximum atomic E-state index is 12.5. The second-order valence-electron chi connectivity index (χ2n) is 19.7. The number of nitrogens with one attached hydrogen (secondary N) is 1. The van der Waals surface area contributed by atoms with Crippen molar-refractivity contribution in [3.05, 3.63) is 134 Å². The first-order valence-electron chi connectivity index (χ1n) is 29.9. The van der Waals surface area contributed by atoms with Gasteiger partial charge in [0.05, 0.1) is 18.8 Å². The fourth-order valence-corrected chi connectivity index (χ4v) is 8.34. The van der Waals surface area contributed by atoms with Crippen LogP contribution in [0.2, 0.25) is 0 Å². The van der Waals surface area contributed by atoms with E-state index in [9.17, 15) is 15.0 Å². The van der Waals surface area contributed by atoms with Gasteiger partial charge in [0.1, 0.15) is 0 Å². The van der Waals surface area contributed by atoms with Crippen LogP contribution in [0.1, 0.15) is 264 Å². The Balaban J connectivity index is 3.56. The highest BCUT2D eigenvalue weighted by Gasteiger charge is 2.18. The maximum absolute atomic E-state index is 12.5. The van der Waals surface area contributed by atoms with Crippen LogP contribution in [0.4, 0.5) is 0 Å². The van der Waals surface area contributed by atoms with Crippen molar-refractivity contribution in [1.29, 1.82) is 0 Å². The fourth-order valence-electron chi connectivity index (χ4n) is 8.34. The van der Waals surface area contributed by atoms with E-state index in [4.69, 9.17) is 0 Å². The summed E-state index contributed by atoms with van der Waals surface area (Å²) in [6, 6.07) is -0.653. The Bertz CT molecular complexity index is 1440. The first-order valence-corrected chi connectivity index (χ1v) is 29.9. The molecule has 0 aliphatic heterocycles. The van der Waals surface area contributed by atoms with Gasteiger partial charge in [-0.3, -0.25) is 4.79 Å². The molecule has 3 N–H and O–H groups in total. The van der Waals surface area contributed by atoms with E-state index in [2.05, 4.69) is 141 Å². The lowest BCUT2D eigenvalue weighted by molar-refractivity contribution is -0.123. The first-order chi connectivity index (χ1) is 35.2. The number of aliphatic hydroxyl groups is 2. The van der Waals surface area contributed by atoms with Crippen molar-refractivity contribution in [3.63, 3.8) is 0 Å². The van der Waals surface area contributed by atoms with Crippen LogP contribution in [0.5, 0.6) is 0 Å². The number of amides is 1. The van der Waals surface area contributed by atoms with Crippen molar-refractivity contribution >= 4 is 5.91 Å². The van der Waals surface area contributed by atoms with E-state index in [1.807, 2.05) is 6.08 Å². The zero-order valence-corrected chi connectivity index (χ0v) is 46.4. The Hall–Kier alpha value is -3.47. The van der Waals surface area contributed by atoms with Gasteiger partial charge in [-0.25, -0.2) is 0 Å². The molecule has 0 aromatic rings. The molecular formula is C67H113NO3. The van der Waals surface area contributed by atoms with Gasteiger partial charge >= 0.3 is 0 Å². The molecule has 0 aromatic carbocycles. The minimum absolute atomic E-state index is 0.0810. The van der Waals surface area contributed by atoms with Crippen LogP contribution in [0.15, 0.2) is 134 Å². The van der Waals surface area contributed by atoms with Crippen molar-refractivity contribution in [3.8, 4) is 0 Å². The quantitative estimate of drug-likeness (QED) is 0.0420. The predicted molar refractivity (Wildman–Crippen MR) is 317 cm³/mol. The molecule has 404 valence electrons. The Morgan fingerprint density at radius 2 is 0.634 bits per heavy atom. The predicted octanol–water partition coefficient (Wildman–Crippen LogP) is 20.2. The molecule has 0 saturated heterocycles. The number of carbonyl (C=O) groups is 1. The number of carbonyl (C=O) groups excluding carboxylic acids is 1. The summed E-state index contributed by atoms with van der Waals surface area (Å²) in [6.07, 6.45) is 94.8. The van der Waals surface area contributed by atoms with Crippen LogP contribution in [0.25, 0.3) is 0 Å². The molecule has 4 nitrogen and oxygen atoms in total. The Kier molecular flexibility index (Phi) is 57.9. The van der Waals surface area contributed by atoms with E-state index < -0.39 is 12.1 Å². The first kappa shape index (κ1) is 67.5. The summed E-state index contributed by atoms with van der Waals surface area (Å²) >= 11 is 0. The average Bonchev–Trinajstić information content (AvgIpc) is 3.37. The molecule has 4 heteroatoms. The van der Waals surface area contributed by atoms with E-state index in [0.29, 0.717) is 6.42 Å². The minimum Gasteiger partial charge on any atom is -0.394 e. The summed E-state index contributed by atoms with van der Waals surface area (Å²) in [5, 5.41) is 23.1. The van der Waals surface area contributed by atoms with Crippen LogP contribution in [-0.2, 0) is 4.79 Å². The minimum atomic E-state index is -0.877. The van der Waals surface area contributed by atoms with E-state index in [-0.39, 0.29) is 12.5 Å². The van der Waals surface area contributed by atoms with Gasteiger partial charge in [0.25, 0.3) is 0 Å². The molecule has 0 saturated carbocycles. The molecule has 0 heterocycles. The summed E-state index contributed by atoms with van der Waals surface area (Å²) in [5.74, 6) is -0.0810. The molecule has 71 heavy (non-hydrogen) atoms. The highest BCUT2D eigenvalue weighted by atomic mass is 16.3. The fraction of sp³-hybridized carbons (Fsp3) is 0.657. The largest absolute Gasteiger partial charge is 0.394 e. The van der Waals surface area contributed by atoms with E-state index in [1.165, 1.54) is 154 Å². The average molecular weight is 981 g/mol. The third-order valence-corrected chi connectivity index (χ3v) is 12.8. The topological polar surface area (TPSA) is 69.6 Å². The van der Waals surface area contributed by atoms with E-state index in [0.717, 1.165) is 89.9 Å². The number of allylic oxidation sites excluding steroid dienone is 21. The number of hydrogen-bond acceptors (Lipinski definition) is 3. The SMILES string of the molecule is CC/C=C\C/C=C\C/C=C\C/C=C\C/C=C\C/C=C\C/C=C\C/C=C\CCCCCCCCCCCCCCCCCCC(=O)NC(CO)C(O)/C=C/CC/C=C/CC/C=C/CCCCCCCCCC. The molecule has 2 unspecified atom stereocenters. The lowest BCUT2D eigenvalue weighted by atomic mass is 10.0. The van der Waals surface area contributed by atoms with Gasteiger partial charge in [0.15, 0.2) is 0 Å². The molecule has 0 aliphatic carbocycles. The Labute approximate surface area is 441 Å². The Morgan fingerprint density at radius 1 is 0.352 bits per heavy atom. The molecule has 0 bridgehead atoms. The van der Waals surface area contributed by atoms with Gasteiger partial charge in [-0.2, -0.15) is 0 Å². The molecule has 0 aliphatic rings. The summed E-state index contributed by atoms with van der Waals surface area (Å²) in [6.45, 7) is 4.17. The summed E-state index contributed by atoms with van der Waals surface area (Å²) in [7, 11) is 0. The van der Waals surface area contributed by atoms with Gasteiger partial charge in [0.2, 0.25) is 5.91 Å². The number of hydrogen-bond donors (Lipinski definition) is 3. The zero-order chi connectivity index (χ0) is 51.3. The van der Waals surface area contributed by atoms with Crippen LogP contribution >= 0.6 is 0 Å². The lowest BCUT2D eigenvalue weighted by Crippen LogP contribution is -2.45. The van der Waals surface area contributed by atoms with Gasteiger partial charge in [-0.1, -0.05) is 282 Å². The third-order valence-electron chi connectivity index (χ3n) is 12.8. The smallest absolute Gasteiger partial charge is 0.220 e. The number of unbranched alkanes of at least 4 members (excludes halogenated alkanes) is 26. The van der Waals surface area contributed by atoms with Gasteiger partial charge < -0.3 is 15.5 Å². The van der Waals surface area contributed by atoms with Crippen molar-refractivity contribution in [2.75, 3.05) is 6.61 Å². The molecule has 0 aromatic heterocycles. The zero-order valence-electron chi connectivity index (χ0n) is 46.4.